The van der Waals surface area contributed by atoms with Crippen molar-refractivity contribution < 1.29 is 24.4 Å². The van der Waals surface area contributed by atoms with Crippen molar-refractivity contribution >= 4 is 17.1 Å². The summed E-state index contributed by atoms with van der Waals surface area (Å²) in [5.74, 6) is -1.46. The molecule has 11 heteroatoms. The van der Waals surface area contributed by atoms with Gasteiger partial charge in [0.15, 0.2) is 0 Å². The van der Waals surface area contributed by atoms with Gasteiger partial charge in [-0.25, -0.2) is 0 Å². The topological polar surface area (TPSA) is 152 Å². The van der Waals surface area contributed by atoms with Crippen LogP contribution in [0.1, 0.15) is 105 Å². The summed E-state index contributed by atoms with van der Waals surface area (Å²) in [7, 11) is 0. The van der Waals surface area contributed by atoms with Gasteiger partial charge in [-0.3, -0.25) is 30.3 Å². The summed E-state index contributed by atoms with van der Waals surface area (Å²) in [6, 6.07) is 0.769. The highest BCUT2D eigenvalue weighted by Gasteiger charge is 2.26. The highest BCUT2D eigenvalue weighted by molar-refractivity contribution is 5.63. The third-order valence-electron chi connectivity index (χ3n) is 6.58. The Morgan fingerprint density at radius 1 is 0.568 bits per heavy atom. The van der Waals surface area contributed by atoms with Crippen LogP contribution in [0, 0.1) is 30.3 Å². The van der Waals surface area contributed by atoms with Crippen LogP contribution in [0.15, 0.2) is 12.1 Å². The van der Waals surface area contributed by atoms with Crippen LogP contribution in [0.3, 0.4) is 0 Å². The van der Waals surface area contributed by atoms with Crippen LogP contribution in [-0.2, 0) is 0 Å². The Morgan fingerprint density at radius 2 is 0.865 bits per heavy atom. The van der Waals surface area contributed by atoms with Gasteiger partial charge >= 0.3 is 0 Å². The van der Waals surface area contributed by atoms with E-state index in [1.807, 2.05) is 0 Å². The van der Waals surface area contributed by atoms with Gasteiger partial charge in [-0.15, -0.1) is 0 Å². The Balaban J connectivity index is 0.000000724. The Labute approximate surface area is 220 Å². The molecule has 0 fully saturated rings. The molecule has 0 aliphatic rings. The predicted molar refractivity (Wildman–Crippen MR) is 144 cm³/mol. The number of non-ortho nitro benzene ring substituents is 1. The lowest BCUT2D eigenvalue weighted by Gasteiger charge is -2.39. The van der Waals surface area contributed by atoms with Crippen molar-refractivity contribution in [1.82, 2.24) is 0 Å². The van der Waals surface area contributed by atoms with Gasteiger partial charge in [0, 0.05) is 0 Å². The van der Waals surface area contributed by atoms with E-state index in [4.69, 9.17) is 0 Å². The molecule has 0 aliphatic carbocycles. The van der Waals surface area contributed by atoms with Gasteiger partial charge in [0.25, 0.3) is 17.1 Å². The van der Waals surface area contributed by atoms with Crippen LogP contribution in [-0.4, -0.2) is 45.4 Å². The molecule has 37 heavy (non-hydrogen) atoms. The maximum absolute atomic E-state index is 11.1. The number of benzene rings is 1. The molecule has 11 nitrogen and oxygen atoms in total. The lowest BCUT2D eigenvalue weighted by atomic mass is 10.1. The molecule has 0 aromatic heterocycles. The summed E-state index contributed by atoms with van der Waals surface area (Å²) < 4.78 is 1.44. The molecule has 0 unspecified atom stereocenters. The van der Waals surface area contributed by atoms with Crippen molar-refractivity contribution in [2.24, 2.45) is 0 Å². The van der Waals surface area contributed by atoms with Crippen LogP contribution in [0.5, 0.6) is 5.75 Å². The van der Waals surface area contributed by atoms with Crippen molar-refractivity contribution in [3.05, 3.63) is 42.5 Å². The van der Waals surface area contributed by atoms with Crippen molar-refractivity contribution in [2.45, 2.75) is 105 Å². The van der Waals surface area contributed by atoms with Gasteiger partial charge < -0.3 is 9.59 Å². The van der Waals surface area contributed by atoms with Crippen molar-refractivity contribution in [2.75, 3.05) is 26.2 Å². The second-order valence-electron chi connectivity index (χ2n) is 9.65. The number of nitro benzene ring substituents is 3. The number of hydrogen-bond donors (Lipinski definition) is 0. The molecule has 0 bridgehead atoms. The summed E-state index contributed by atoms with van der Waals surface area (Å²) in [4.78, 5) is 27.5. The zero-order valence-electron chi connectivity index (χ0n) is 23.1. The molecule has 1 aromatic rings. The maximum Gasteiger partial charge on any atom is 0.283 e. The molecule has 0 atom stereocenters. The average Bonchev–Trinajstić information content (AvgIpc) is 2.84. The number of quaternary nitrogens is 1. The van der Waals surface area contributed by atoms with E-state index in [1.54, 1.807) is 0 Å². The lowest BCUT2D eigenvalue weighted by molar-refractivity contribution is -0.929. The molecular formula is C26H46N4O7. The van der Waals surface area contributed by atoms with Crippen LogP contribution in [0.25, 0.3) is 0 Å². The lowest BCUT2D eigenvalue weighted by Crippen LogP contribution is -2.50. The molecule has 0 radical (unpaired) electrons. The van der Waals surface area contributed by atoms with Gasteiger partial charge in [-0.2, -0.15) is 0 Å². The van der Waals surface area contributed by atoms with E-state index in [-0.39, 0.29) is 0 Å². The Morgan fingerprint density at radius 3 is 1.08 bits per heavy atom. The summed E-state index contributed by atoms with van der Waals surface area (Å²) >= 11 is 0. The van der Waals surface area contributed by atoms with E-state index >= 15 is 0 Å². The molecule has 0 saturated carbocycles. The first-order valence-corrected chi connectivity index (χ1v) is 13.7. The number of nitro groups is 3. The van der Waals surface area contributed by atoms with E-state index in [9.17, 15) is 35.4 Å². The molecule has 0 spiro atoms. The fourth-order valence-corrected chi connectivity index (χ4v) is 4.42. The number of nitrogens with zero attached hydrogens (tertiary/aromatic N) is 4. The van der Waals surface area contributed by atoms with Crippen LogP contribution >= 0.6 is 0 Å². The predicted octanol–water partition coefficient (Wildman–Crippen LogP) is 7.05. The van der Waals surface area contributed by atoms with Crippen molar-refractivity contribution in [3.8, 4) is 5.75 Å². The summed E-state index contributed by atoms with van der Waals surface area (Å²) in [6.07, 6.45) is 16.9. The molecule has 212 valence electrons. The van der Waals surface area contributed by atoms with Crippen LogP contribution in [0.2, 0.25) is 0 Å². The molecule has 1 rings (SSSR count). The Hall–Kier alpha value is -2.82. The van der Waals surface area contributed by atoms with E-state index in [0.717, 1.165) is 0 Å². The first-order chi connectivity index (χ1) is 17.6. The zero-order chi connectivity index (χ0) is 28.3. The number of rotatable bonds is 19. The Bertz CT molecular complexity index is 753. The van der Waals surface area contributed by atoms with Gasteiger partial charge in [0.1, 0.15) is 0 Å². The third-order valence-corrected chi connectivity index (χ3v) is 6.58. The second-order valence-corrected chi connectivity index (χ2v) is 9.65. The quantitative estimate of drug-likeness (QED) is 0.0810. The summed E-state index contributed by atoms with van der Waals surface area (Å²) in [5, 5.41) is 42.1. The standard InChI is InChI=1S/C20H44N.C6H3N3O7/c1-5-9-13-17-21(18-14-10-6-2,19-15-11-7-3)20-16-12-8-4;10-6-4(8(13)14)1-3(7(11)12)2-5(6)9(15)16/h5-20H2,1-4H3;1-2,10H/q+1;/p-1. The molecule has 0 saturated heterocycles. The molecule has 1 aromatic carbocycles. The largest absolute Gasteiger partial charge is 0.863 e. The van der Waals surface area contributed by atoms with Crippen molar-refractivity contribution in [3.63, 3.8) is 0 Å². The summed E-state index contributed by atoms with van der Waals surface area (Å²) in [6.45, 7) is 15.1. The SMILES string of the molecule is CCCCC[N+](CCCCC)(CCCCC)CCCCC.O=[N+]([O-])c1cc([N+](=O)[O-])c([O-])c([N+](=O)[O-])c1. The molecule has 0 aliphatic heterocycles. The minimum atomic E-state index is -1.46. The molecule has 0 amide bonds. The van der Waals surface area contributed by atoms with Gasteiger partial charge in [-0.1, -0.05) is 53.4 Å². The maximum atomic E-state index is 11.1. The van der Waals surface area contributed by atoms with E-state index in [2.05, 4.69) is 27.7 Å². The fraction of sp³-hybridized carbons (Fsp3) is 0.769. The van der Waals surface area contributed by atoms with E-state index in [1.165, 1.54) is 108 Å². The number of unbranched alkanes of at least 4 members (excludes halogenated alkanes) is 8. The number of hydrogen-bond acceptors (Lipinski definition) is 7. The van der Waals surface area contributed by atoms with Crippen molar-refractivity contribution in [1.29, 1.82) is 0 Å². The third kappa shape index (κ3) is 13.3. The molecule has 0 N–H and O–H groups in total. The highest BCUT2D eigenvalue weighted by Crippen LogP contribution is 2.36. The Kier molecular flexibility index (Phi) is 17.8. The first kappa shape index (κ1) is 34.2. The minimum absolute atomic E-state index is 0.384. The monoisotopic (exact) mass is 526 g/mol. The normalized spacial score (nSPS) is 11.0. The van der Waals surface area contributed by atoms with Gasteiger partial charge in [0.2, 0.25) is 0 Å². The molecular weight excluding hydrogens is 480 g/mol. The van der Waals surface area contributed by atoms with Crippen LogP contribution in [0.4, 0.5) is 17.1 Å². The minimum Gasteiger partial charge on any atom is -0.863 e. The molecule has 0 heterocycles. The van der Waals surface area contributed by atoms with Crippen LogP contribution < -0.4 is 5.11 Å². The van der Waals surface area contributed by atoms with E-state index < -0.39 is 37.6 Å². The smallest absolute Gasteiger partial charge is 0.283 e. The summed E-state index contributed by atoms with van der Waals surface area (Å²) in [5.41, 5.74) is -3.26. The van der Waals surface area contributed by atoms with Gasteiger partial charge in [-0.05, 0) is 51.4 Å². The highest BCUT2D eigenvalue weighted by atomic mass is 16.6. The fourth-order valence-electron chi connectivity index (χ4n) is 4.42. The first-order valence-electron chi connectivity index (χ1n) is 13.7. The van der Waals surface area contributed by atoms with E-state index in [0.29, 0.717) is 12.1 Å². The van der Waals surface area contributed by atoms with Gasteiger partial charge in [0.05, 0.1) is 58.8 Å². The second kappa shape index (κ2) is 19.3. The zero-order valence-corrected chi connectivity index (χ0v) is 23.1. The average molecular weight is 527 g/mol.